The molecule has 8 heteroatoms. The molecule has 0 saturated carbocycles. The molecule has 3 aliphatic rings. The topological polar surface area (TPSA) is 67.4 Å². The van der Waals surface area contributed by atoms with E-state index in [9.17, 15) is 4.79 Å². The molecular formula is C15H18ClN5O2. The van der Waals surface area contributed by atoms with Crippen LogP contribution in [0, 0.1) is 6.92 Å². The molecule has 3 saturated heterocycles. The molecule has 3 fully saturated rings. The molecule has 0 aromatic carbocycles. The number of piperazine rings is 1. The maximum Gasteiger partial charge on any atom is 0.287 e. The summed E-state index contributed by atoms with van der Waals surface area (Å²) in [4.78, 5) is 16.6. The summed E-state index contributed by atoms with van der Waals surface area (Å²) in [5, 5.41) is 8.19. The number of rotatable bonds is 3. The molecule has 23 heavy (non-hydrogen) atoms. The predicted molar refractivity (Wildman–Crippen MR) is 85.7 cm³/mol. The van der Waals surface area contributed by atoms with Crippen LogP contribution in [0.4, 0.5) is 5.69 Å². The van der Waals surface area contributed by atoms with Gasteiger partial charge in [-0.1, -0.05) is 16.8 Å². The molecule has 2 unspecified atom stereocenters. The highest BCUT2D eigenvalue weighted by atomic mass is 35.5. The van der Waals surface area contributed by atoms with E-state index < -0.39 is 0 Å². The molecule has 2 atom stereocenters. The van der Waals surface area contributed by atoms with Crippen LogP contribution in [0.15, 0.2) is 21.7 Å². The Balaban J connectivity index is 1.50. The Labute approximate surface area is 138 Å². The fourth-order valence-corrected chi connectivity index (χ4v) is 3.82. The zero-order chi connectivity index (χ0) is 16.1. The van der Waals surface area contributed by atoms with E-state index in [1.54, 1.807) is 19.4 Å². The molecule has 7 nitrogen and oxygen atoms in total. The molecule has 0 aliphatic carbocycles. The maximum absolute atomic E-state index is 12.0. The average Bonchev–Trinajstić information content (AvgIpc) is 2.95. The second-order valence-electron chi connectivity index (χ2n) is 6.30. The fourth-order valence-electron chi connectivity index (χ4n) is 3.53. The van der Waals surface area contributed by atoms with E-state index in [1.165, 1.54) is 11.1 Å². The molecule has 3 aliphatic heterocycles. The van der Waals surface area contributed by atoms with Crippen LogP contribution in [0.1, 0.15) is 17.7 Å². The van der Waals surface area contributed by atoms with Crippen LogP contribution in [0.5, 0.6) is 0 Å². The Morgan fingerprint density at radius 1 is 1.35 bits per heavy atom. The molecule has 0 radical (unpaired) electrons. The molecule has 5 rings (SSSR count). The van der Waals surface area contributed by atoms with Gasteiger partial charge in [0, 0.05) is 44.3 Å². The van der Waals surface area contributed by atoms with Crippen LogP contribution in [0.2, 0.25) is 5.02 Å². The highest BCUT2D eigenvalue weighted by molar-refractivity contribution is 6.33. The molecule has 2 aromatic heterocycles. The van der Waals surface area contributed by atoms with Gasteiger partial charge >= 0.3 is 0 Å². The number of fused-ring (bicyclic) bond motifs is 2. The van der Waals surface area contributed by atoms with E-state index in [1.807, 2.05) is 6.92 Å². The number of nitrogens with zero attached hydrogens (tertiary/aromatic N) is 5. The fraction of sp³-hybridized carbons (Fsp3) is 0.533. The summed E-state index contributed by atoms with van der Waals surface area (Å²) in [5.41, 5.74) is 1.63. The normalized spacial score (nSPS) is 23.9. The summed E-state index contributed by atoms with van der Waals surface area (Å²) in [6, 6.07) is 0.923. The van der Waals surface area contributed by atoms with Gasteiger partial charge in [0.2, 0.25) is 0 Å². The van der Waals surface area contributed by atoms with Gasteiger partial charge in [0.05, 0.1) is 18.1 Å². The molecule has 0 spiro atoms. The Morgan fingerprint density at radius 2 is 2.09 bits per heavy atom. The highest BCUT2D eigenvalue weighted by Crippen LogP contribution is 2.37. The first-order valence-corrected chi connectivity index (χ1v) is 8.05. The van der Waals surface area contributed by atoms with Crippen molar-refractivity contribution in [2.45, 2.75) is 32.0 Å². The summed E-state index contributed by atoms with van der Waals surface area (Å²) >= 11 is 6.22. The van der Waals surface area contributed by atoms with Crippen molar-refractivity contribution in [1.29, 1.82) is 0 Å². The Hall–Kier alpha value is -1.86. The van der Waals surface area contributed by atoms with E-state index in [-0.39, 0.29) is 10.6 Å². The second-order valence-corrected chi connectivity index (χ2v) is 6.68. The molecule has 2 bridgehead atoms. The molecule has 2 aromatic rings. The SMILES string of the molecule is Cc1oncc1CN1C2CC1CN(c1cnn(C)c(=O)c1Cl)C2. The van der Waals surface area contributed by atoms with Gasteiger partial charge in [0.1, 0.15) is 10.8 Å². The lowest BCUT2D eigenvalue weighted by Crippen LogP contribution is -2.68. The number of aryl methyl sites for hydroxylation is 2. The minimum absolute atomic E-state index is 0.250. The van der Waals surface area contributed by atoms with Crippen molar-refractivity contribution in [2.75, 3.05) is 18.0 Å². The van der Waals surface area contributed by atoms with Crippen molar-refractivity contribution in [3.8, 4) is 0 Å². The third kappa shape index (κ3) is 2.35. The number of anilines is 1. The zero-order valence-electron chi connectivity index (χ0n) is 13.1. The van der Waals surface area contributed by atoms with Crippen LogP contribution >= 0.6 is 11.6 Å². The predicted octanol–water partition coefficient (Wildman–Crippen LogP) is 1.19. The van der Waals surface area contributed by atoms with Crippen molar-refractivity contribution in [3.05, 3.63) is 39.1 Å². The minimum Gasteiger partial charge on any atom is -0.366 e. The van der Waals surface area contributed by atoms with E-state index in [4.69, 9.17) is 16.1 Å². The quantitative estimate of drug-likeness (QED) is 0.839. The third-order valence-electron chi connectivity index (χ3n) is 4.95. The molecule has 0 amide bonds. The Kier molecular flexibility index (Phi) is 3.42. The van der Waals surface area contributed by atoms with E-state index in [2.05, 4.69) is 20.1 Å². The molecular weight excluding hydrogens is 318 g/mol. The number of halogens is 1. The van der Waals surface area contributed by atoms with Crippen LogP contribution in [-0.4, -0.2) is 45.0 Å². The number of hydrogen-bond acceptors (Lipinski definition) is 6. The average molecular weight is 336 g/mol. The van der Waals surface area contributed by atoms with E-state index in [0.717, 1.165) is 36.6 Å². The lowest BCUT2D eigenvalue weighted by atomic mass is 9.86. The van der Waals surface area contributed by atoms with Crippen molar-refractivity contribution >= 4 is 17.3 Å². The monoisotopic (exact) mass is 335 g/mol. The number of aromatic nitrogens is 3. The molecule has 122 valence electrons. The van der Waals surface area contributed by atoms with Gasteiger partial charge < -0.3 is 9.42 Å². The summed E-state index contributed by atoms with van der Waals surface area (Å²) in [6.45, 7) is 4.52. The van der Waals surface area contributed by atoms with Gasteiger partial charge in [-0.15, -0.1) is 0 Å². The van der Waals surface area contributed by atoms with Gasteiger partial charge in [-0.3, -0.25) is 9.69 Å². The summed E-state index contributed by atoms with van der Waals surface area (Å²) in [7, 11) is 1.61. The summed E-state index contributed by atoms with van der Waals surface area (Å²) < 4.78 is 6.40. The van der Waals surface area contributed by atoms with Gasteiger partial charge in [0.25, 0.3) is 5.56 Å². The summed E-state index contributed by atoms with van der Waals surface area (Å²) in [5.74, 6) is 0.880. The van der Waals surface area contributed by atoms with Crippen molar-refractivity contribution < 1.29 is 4.52 Å². The van der Waals surface area contributed by atoms with E-state index in [0.29, 0.717) is 12.1 Å². The lowest BCUT2D eigenvalue weighted by molar-refractivity contribution is -0.00876. The third-order valence-corrected chi connectivity index (χ3v) is 5.30. The first kappa shape index (κ1) is 14.7. The van der Waals surface area contributed by atoms with Crippen LogP contribution in [-0.2, 0) is 13.6 Å². The van der Waals surface area contributed by atoms with Crippen LogP contribution in [0.3, 0.4) is 0 Å². The van der Waals surface area contributed by atoms with Gasteiger partial charge in [-0.2, -0.15) is 5.10 Å². The van der Waals surface area contributed by atoms with Crippen LogP contribution < -0.4 is 10.5 Å². The van der Waals surface area contributed by atoms with E-state index >= 15 is 0 Å². The minimum atomic E-state index is -0.250. The van der Waals surface area contributed by atoms with Gasteiger partial charge in [-0.25, -0.2) is 4.68 Å². The first-order valence-electron chi connectivity index (χ1n) is 7.67. The Morgan fingerprint density at radius 3 is 2.74 bits per heavy atom. The largest absolute Gasteiger partial charge is 0.366 e. The van der Waals surface area contributed by atoms with Gasteiger partial charge in [-0.05, 0) is 13.3 Å². The smallest absolute Gasteiger partial charge is 0.287 e. The van der Waals surface area contributed by atoms with Crippen molar-refractivity contribution in [1.82, 2.24) is 19.8 Å². The van der Waals surface area contributed by atoms with Crippen molar-refractivity contribution in [2.24, 2.45) is 7.05 Å². The first-order chi connectivity index (χ1) is 11.0. The maximum atomic E-state index is 12.0. The van der Waals surface area contributed by atoms with Gasteiger partial charge in [0.15, 0.2) is 0 Å². The zero-order valence-corrected chi connectivity index (χ0v) is 13.8. The highest BCUT2D eigenvalue weighted by Gasteiger charge is 2.45. The second kappa shape index (κ2) is 5.35. The molecule has 5 heterocycles. The van der Waals surface area contributed by atoms with Crippen LogP contribution in [0.25, 0.3) is 0 Å². The standard InChI is InChI=1S/C15H18ClN5O2/c1-9-10(4-18-23-9)6-21-11-3-12(21)8-20(7-11)13-5-17-19(2)15(22)14(13)16/h4-5,11-12H,3,6-8H2,1-2H3. The number of hydrogen-bond donors (Lipinski definition) is 0. The lowest BCUT2D eigenvalue weighted by Gasteiger charge is -2.57. The van der Waals surface area contributed by atoms with Crippen molar-refractivity contribution in [3.63, 3.8) is 0 Å². The Bertz CT molecular complexity index is 789. The summed E-state index contributed by atoms with van der Waals surface area (Å²) in [6.07, 6.45) is 4.66. The number of piperidine rings is 1. The molecule has 0 N–H and O–H groups in total.